The fourth-order valence-electron chi connectivity index (χ4n) is 0. The summed E-state index contributed by atoms with van der Waals surface area (Å²) >= 11 is 0. The van der Waals surface area contributed by atoms with E-state index in [0.29, 0.717) is 10.1 Å². The number of hydrogen-bond donors (Lipinski definition) is 0. The Kier molecular flexibility index (Phi) is 20.9. The number of hydrogen-bond acceptors (Lipinski definition) is 1. The predicted molar refractivity (Wildman–Crippen MR) is 27.7 cm³/mol. The number of rotatable bonds is 0. The Morgan fingerprint density at radius 3 is 1.75 bits per heavy atom. The van der Waals surface area contributed by atoms with E-state index in [9.17, 15) is 0 Å². The van der Waals surface area contributed by atoms with Gasteiger partial charge in [0, 0.05) is 0 Å². The van der Waals surface area contributed by atoms with Crippen LogP contribution >= 0.6 is 0 Å². The van der Waals surface area contributed by atoms with Gasteiger partial charge in [0.15, 0.2) is 0 Å². The second-order valence-corrected chi connectivity index (χ2v) is 0.707. The molecule has 0 aromatic carbocycles. The molecule has 0 amide bonds. The van der Waals surface area contributed by atoms with Crippen LogP contribution < -0.4 is 0 Å². The van der Waals surface area contributed by atoms with Gasteiger partial charge < -0.3 is 0 Å². The summed E-state index contributed by atoms with van der Waals surface area (Å²) in [5, 5.41) is 0. The van der Waals surface area contributed by atoms with Crippen molar-refractivity contribution in [2.24, 2.45) is 0 Å². The molecule has 0 atom stereocenters. The molecule has 0 saturated heterocycles. The average molecular weight is 135 g/mol. The van der Waals surface area contributed by atoms with E-state index >= 15 is 0 Å². The molecular weight excluding hydrogens is 128 g/mol. The van der Waals surface area contributed by atoms with Crippen LogP contribution in [0.25, 0.3) is 0 Å². The molecule has 0 saturated carbocycles. The Balaban J connectivity index is 0. The first-order valence-electron chi connectivity index (χ1n) is 0.813. The van der Waals surface area contributed by atoms with Gasteiger partial charge in [-0.05, 0) is 0 Å². The first-order chi connectivity index (χ1) is 1.41. The topological polar surface area (TPSA) is 17.1 Å². The van der Waals surface area contributed by atoms with Crippen LogP contribution in [0.2, 0.25) is 0 Å². The minimum absolute atomic E-state index is 0. The van der Waals surface area contributed by atoms with E-state index in [0.717, 1.165) is 6.74 Å². The fraction of sp³-hybridized carbons (Fsp3) is 0. The zero-order chi connectivity index (χ0) is 2.71. The zero-order valence-electron chi connectivity index (χ0n) is 1.99. The van der Waals surface area contributed by atoms with Crippen LogP contribution in [0.4, 0.5) is 0 Å². The Labute approximate surface area is 39.7 Å². The van der Waals surface area contributed by atoms with Gasteiger partial charge in [-0.25, -0.2) is 0 Å². The van der Waals surface area contributed by atoms with Crippen molar-refractivity contribution < 1.29 is 4.70 Å². The van der Waals surface area contributed by atoms with Crippen LogP contribution in [0.5, 0.6) is 0 Å². The van der Waals surface area contributed by atoms with Crippen LogP contribution in [-0.4, -0.2) is 34.5 Å². The van der Waals surface area contributed by atoms with Gasteiger partial charge in [0.1, 0.15) is 0 Å². The maximum absolute atomic E-state index is 8.87. The summed E-state index contributed by atoms with van der Waals surface area (Å²) in [6.45, 7) is 0.889. The molecule has 4 heteroatoms. The maximum atomic E-state index is 8.87. The molecule has 0 fully saturated rings. The summed E-state index contributed by atoms with van der Waals surface area (Å²) in [5.74, 6) is 0. The molecule has 0 N–H and O–H groups in total. The van der Waals surface area contributed by atoms with Gasteiger partial charge in [-0.2, -0.15) is 0 Å². The Bertz CT molecular complexity index is 15.5. The third-order valence-corrected chi connectivity index (χ3v) is 0. The molecule has 0 radical (unpaired) electrons. The van der Waals surface area contributed by atoms with Gasteiger partial charge in [-0.1, -0.05) is 0 Å². The summed E-state index contributed by atoms with van der Waals surface area (Å²) in [7, 11) is 0.688. The van der Waals surface area contributed by atoms with Crippen molar-refractivity contribution in [1.82, 2.24) is 0 Å². The van der Waals surface area contributed by atoms with E-state index in [-0.39, 0.29) is 17.6 Å². The molecule has 4 heavy (non-hydrogen) atoms. The summed E-state index contributed by atoms with van der Waals surface area (Å²) < 4.78 is 8.87. The quantitative estimate of drug-likeness (QED) is 0.320. The molecule has 0 heterocycles. The molecule has 24 valence electrons. The van der Waals surface area contributed by atoms with Gasteiger partial charge in [0.05, 0.1) is 0 Å². The molecule has 0 spiro atoms. The van der Waals surface area contributed by atoms with Crippen molar-refractivity contribution in [1.29, 1.82) is 0 Å². The molecule has 0 aliphatic heterocycles. The standard InChI is InChI=1S/BH3OSi.GeH4/c2-1-3;/h3H3;1H4. The Morgan fingerprint density at radius 2 is 1.75 bits per heavy atom. The second kappa shape index (κ2) is 9.46. The second-order valence-electron chi connectivity index (χ2n) is 0.236. The van der Waals surface area contributed by atoms with Crippen molar-refractivity contribution in [2.75, 3.05) is 0 Å². The summed E-state index contributed by atoms with van der Waals surface area (Å²) in [5.41, 5.74) is 0. The van der Waals surface area contributed by atoms with Crippen LogP contribution in [0.1, 0.15) is 0 Å². The molecule has 0 aliphatic rings. The van der Waals surface area contributed by atoms with Gasteiger partial charge in [0.2, 0.25) is 0 Å². The third-order valence-electron chi connectivity index (χ3n) is 0. The van der Waals surface area contributed by atoms with E-state index in [1.807, 2.05) is 0 Å². The van der Waals surface area contributed by atoms with Crippen LogP contribution in [0, 0.1) is 0 Å². The van der Waals surface area contributed by atoms with E-state index in [2.05, 4.69) is 0 Å². The normalized spacial score (nSPS) is 3.00. The first kappa shape index (κ1) is 8.82. The molecule has 0 aromatic heterocycles. The molecule has 0 unspecified atom stereocenters. The molecule has 0 aromatic rings. The first-order valence-corrected chi connectivity index (χ1v) is 1.97. The minimum atomic E-state index is 0. The SMILES string of the molecule is O=B[SiH3].[GeH4]. The molecular formula is H7BGeOSi. The summed E-state index contributed by atoms with van der Waals surface area (Å²) in [4.78, 5) is 0. The Morgan fingerprint density at radius 1 is 1.75 bits per heavy atom. The predicted octanol–water partition coefficient (Wildman–Crippen LogP) is -3.14. The van der Waals surface area contributed by atoms with Crippen LogP contribution in [-0.2, 0) is 4.70 Å². The van der Waals surface area contributed by atoms with Gasteiger partial charge in [-0.15, -0.1) is 0 Å². The van der Waals surface area contributed by atoms with Crippen LogP contribution in [0.3, 0.4) is 0 Å². The summed E-state index contributed by atoms with van der Waals surface area (Å²) in [6, 6.07) is 0. The van der Waals surface area contributed by atoms with Crippen LogP contribution in [0.15, 0.2) is 0 Å². The van der Waals surface area contributed by atoms with Gasteiger partial charge in [-0.3, -0.25) is 0 Å². The molecule has 0 aliphatic carbocycles. The fourth-order valence-corrected chi connectivity index (χ4v) is 0. The van der Waals surface area contributed by atoms with Crippen molar-refractivity contribution in [3.8, 4) is 0 Å². The molecule has 1 nitrogen and oxygen atoms in total. The summed E-state index contributed by atoms with van der Waals surface area (Å²) in [6.07, 6.45) is 0. The van der Waals surface area contributed by atoms with E-state index < -0.39 is 0 Å². The monoisotopic (exact) mass is 136 g/mol. The molecule has 0 bridgehead atoms. The zero-order valence-corrected chi connectivity index (χ0v) is 3.99. The molecule has 0 rings (SSSR count). The van der Waals surface area contributed by atoms with Crippen molar-refractivity contribution in [2.45, 2.75) is 0 Å². The Hall–Kier alpha value is 0.625. The van der Waals surface area contributed by atoms with E-state index in [1.165, 1.54) is 0 Å². The van der Waals surface area contributed by atoms with Gasteiger partial charge >= 0.3 is 39.2 Å². The average Bonchev–Trinajstić information content (AvgIpc) is 0.918. The van der Waals surface area contributed by atoms with Crippen molar-refractivity contribution >= 4 is 34.5 Å². The van der Waals surface area contributed by atoms with Crippen molar-refractivity contribution in [3.05, 3.63) is 0 Å². The van der Waals surface area contributed by atoms with Gasteiger partial charge in [0.25, 0.3) is 0 Å². The van der Waals surface area contributed by atoms with E-state index in [4.69, 9.17) is 4.70 Å². The van der Waals surface area contributed by atoms with E-state index in [1.54, 1.807) is 0 Å². The third kappa shape index (κ3) is 17.8. The van der Waals surface area contributed by atoms with Crippen molar-refractivity contribution in [3.63, 3.8) is 0 Å².